The maximum atomic E-state index is 12.3. The number of nitrogens with one attached hydrogen (secondary N) is 1. The highest BCUT2D eigenvalue weighted by atomic mass is 16.6. The summed E-state index contributed by atoms with van der Waals surface area (Å²) in [5.41, 5.74) is 1.18. The summed E-state index contributed by atoms with van der Waals surface area (Å²) in [7, 11) is 0. The minimum atomic E-state index is -0.507. The number of aryl methyl sites for hydroxylation is 1. The molecule has 1 N–H and O–H groups in total. The highest BCUT2D eigenvalue weighted by molar-refractivity contribution is 5.89. The Morgan fingerprint density at radius 3 is 2.57 bits per heavy atom. The Morgan fingerprint density at radius 2 is 1.91 bits per heavy atom. The molecular formula is C24H29N7O4. The summed E-state index contributed by atoms with van der Waals surface area (Å²) in [6, 6.07) is 7.30. The largest absolute Gasteiger partial charge is 0.444 e. The Kier molecular flexibility index (Phi) is 7.23. The molecule has 2 amide bonds. The third-order valence-corrected chi connectivity index (χ3v) is 5.27. The molecule has 0 saturated carbocycles. The van der Waals surface area contributed by atoms with Gasteiger partial charge in [-0.15, -0.1) is 0 Å². The van der Waals surface area contributed by atoms with Gasteiger partial charge in [0.15, 0.2) is 0 Å². The van der Waals surface area contributed by atoms with Gasteiger partial charge in [-0.1, -0.05) is 5.16 Å². The van der Waals surface area contributed by atoms with E-state index < -0.39 is 5.60 Å². The fraction of sp³-hybridized carbons (Fsp3) is 0.417. The summed E-state index contributed by atoms with van der Waals surface area (Å²) in [5.74, 6) is 1.09. The van der Waals surface area contributed by atoms with Crippen molar-refractivity contribution < 1.29 is 18.8 Å². The average molecular weight is 480 g/mol. The van der Waals surface area contributed by atoms with Gasteiger partial charge in [-0.3, -0.25) is 9.78 Å². The minimum Gasteiger partial charge on any atom is -0.444 e. The highest BCUT2D eigenvalue weighted by Crippen LogP contribution is 2.19. The van der Waals surface area contributed by atoms with E-state index in [4.69, 9.17) is 9.26 Å². The third kappa shape index (κ3) is 6.75. The monoisotopic (exact) mass is 479 g/mol. The van der Waals surface area contributed by atoms with Crippen molar-refractivity contribution in [2.75, 3.05) is 36.4 Å². The van der Waals surface area contributed by atoms with Gasteiger partial charge in [0, 0.05) is 57.0 Å². The maximum Gasteiger partial charge on any atom is 0.410 e. The van der Waals surface area contributed by atoms with Crippen molar-refractivity contribution in [1.82, 2.24) is 25.0 Å². The molecule has 1 aliphatic heterocycles. The Bertz CT molecular complexity index is 1130. The number of nitrogens with zero attached hydrogens (tertiary/aromatic N) is 6. The smallest absolute Gasteiger partial charge is 0.410 e. The summed E-state index contributed by atoms with van der Waals surface area (Å²) >= 11 is 0. The summed E-state index contributed by atoms with van der Waals surface area (Å²) in [5, 5.41) is 6.72. The normalized spacial score (nSPS) is 14.0. The number of piperazine rings is 1. The second-order valence-corrected chi connectivity index (χ2v) is 9.16. The molecule has 4 heterocycles. The van der Waals surface area contributed by atoms with Gasteiger partial charge in [-0.2, -0.15) is 4.98 Å². The molecule has 184 valence electrons. The van der Waals surface area contributed by atoms with Crippen LogP contribution in [0.2, 0.25) is 0 Å². The Balaban J connectivity index is 1.23. The molecule has 0 aliphatic carbocycles. The van der Waals surface area contributed by atoms with E-state index >= 15 is 0 Å². The lowest BCUT2D eigenvalue weighted by Gasteiger charge is -2.36. The van der Waals surface area contributed by atoms with Crippen LogP contribution in [-0.4, -0.2) is 68.8 Å². The molecule has 0 aromatic carbocycles. The van der Waals surface area contributed by atoms with E-state index in [-0.39, 0.29) is 18.4 Å². The number of carbonyl (C=O) groups is 2. The lowest BCUT2D eigenvalue weighted by atomic mass is 10.2. The first-order chi connectivity index (χ1) is 16.8. The number of ether oxygens (including phenoxy) is 1. The molecule has 11 nitrogen and oxygen atoms in total. The number of hydrogen-bond donors (Lipinski definition) is 1. The van der Waals surface area contributed by atoms with Crippen LogP contribution in [0.3, 0.4) is 0 Å². The van der Waals surface area contributed by atoms with Crippen molar-refractivity contribution in [2.45, 2.75) is 39.2 Å². The van der Waals surface area contributed by atoms with Gasteiger partial charge in [0.25, 0.3) is 0 Å². The predicted octanol–water partition coefficient (Wildman–Crippen LogP) is 3.16. The first-order valence-electron chi connectivity index (χ1n) is 11.5. The maximum absolute atomic E-state index is 12.3. The SMILES string of the molecule is CC(C)(C)OC(=O)N1CCN(c2ccc(NC(=O)CCc3nc(-c4cccnc4)no3)nc2)CC1. The summed E-state index contributed by atoms with van der Waals surface area (Å²) in [4.78, 5) is 41.1. The van der Waals surface area contributed by atoms with Crippen LogP contribution in [0.25, 0.3) is 11.4 Å². The number of anilines is 2. The molecule has 1 aliphatic rings. The van der Waals surface area contributed by atoms with Crippen molar-refractivity contribution in [1.29, 1.82) is 0 Å². The molecule has 1 saturated heterocycles. The van der Waals surface area contributed by atoms with Crippen molar-refractivity contribution in [3.05, 3.63) is 48.7 Å². The van der Waals surface area contributed by atoms with E-state index in [2.05, 4.69) is 30.3 Å². The number of hydrogen-bond acceptors (Lipinski definition) is 9. The van der Waals surface area contributed by atoms with E-state index in [1.807, 2.05) is 32.9 Å². The molecule has 0 atom stereocenters. The average Bonchev–Trinajstić information content (AvgIpc) is 3.32. The zero-order chi connectivity index (χ0) is 24.8. The molecule has 0 radical (unpaired) electrons. The van der Waals surface area contributed by atoms with Crippen LogP contribution in [0.4, 0.5) is 16.3 Å². The Morgan fingerprint density at radius 1 is 1.11 bits per heavy atom. The molecule has 3 aromatic heterocycles. The molecule has 3 aromatic rings. The van der Waals surface area contributed by atoms with Gasteiger partial charge < -0.3 is 24.4 Å². The lowest BCUT2D eigenvalue weighted by molar-refractivity contribution is -0.116. The first kappa shape index (κ1) is 24.1. The van der Waals surface area contributed by atoms with Crippen LogP contribution < -0.4 is 10.2 Å². The van der Waals surface area contributed by atoms with Gasteiger partial charge in [0.2, 0.25) is 17.6 Å². The number of carbonyl (C=O) groups excluding carboxylic acids is 2. The second-order valence-electron chi connectivity index (χ2n) is 9.16. The molecule has 0 bridgehead atoms. The minimum absolute atomic E-state index is 0.185. The molecule has 1 fully saturated rings. The quantitative estimate of drug-likeness (QED) is 0.567. The third-order valence-electron chi connectivity index (χ3n) is 5.27. The number of amides is 2. The van der Waals surface area contributed by atoms with Crippen LogP contribution in [0.5, 0.6) is 0 Å². The van der Waals surface area contributed by atoms with Crippen molar-refractivity contribution in [2.24, 2.45) is 0 Å². The van der Waals surface area contributed by atoms with E-state index in [1.165, 1.54) is 0 Å². The van der Waals surface area contributed by atoms with E-state index in [9.17, 15) is 9.59 Å². The fourth-order valence-corrected chi connectivity index (χ4v) is 3.52. The summed E-state index contributed by atoms with van der Waals surface area (Å²) in [6.45, 7) is 8.08. The van der Waals surface area contributed by atoms with Gasteiger partial charge in [-0.25, -0.2) is 9.78 Å². The predicted molar refractivity (Wildman–Crippen MR) is 129 cm³/mol. The van der Waals surface area contributed by atoms with Crippen LogP contribution in [-0.2, 0) is 16.0 Å². The van der Waals surface area contributed by atoms with Crippen molar-refractivity contribution >= 4 is 23.5 Å². The van der Waals surface area contributed by atoms with Crippen molar-refractivity contribution in [3.8, 4) is 11.4 Å². The second kappa shape index (κ2) is 10.5. The first-order valence-corrected chi connectivity index (χ1v) is 11.5. The van der Waals surface area contributed by atoms with Crippen molar-refractivity contribution in [3.63, 3.8) is 0 Å². The van der Waals surface area contributed by atoms with E-state index in [0.29, 0.717) is 50.1 Å². The van der Waals surface area contributed by atoms with Gasteiger partial charge >= 0.3 is 6.09 Å². The zero-order valence-electron chi connectivity index (χ0n) is 20.1. The van der Waals surface area contributed by atoms with E-state index in [1.54, 1.807) is 35.6 Å². The van der Waals surface area contributed by atoms with Crippen LogP contribution in [0, 0.1) is 0 Å². The van der Waals surface area contributed by atoms with Crippen LogP contribution in [0.15, 0.2) is 47.4 Å². The van der Waals surface area contributed by atoms with E-state index in [0.717, 1.165) is 11.3 Å². The Labute approximate surface area is 203 Å². The zero-order valence-corrected chi connectivity index (χ0v) is 20.1. The van der Waals surface area contributed by atoms with Gasteiger partial charge in [-0.05, 0) is 45.0 Å². The molecule has 4 rings (SSSR count). The molecule has 0 spiro atoms. The van der Waals surface area contributed by atoms with Crippen LogP contribution >= 0.6 is 0 Å². The van der Waals surface area contributed by atoms with Gasteiger partial charge in [0.1, 0.15) is 11.4 Å². The summed E-state index contributed by atoms with van der Waals surface area (Å²) < 4.78 is 10.7. The molecule has 35 heavy (non-hydrogen) atoms. The Hall–Kier alpha value is -4.02. The lowest BCUT2D eigenvalue weighted by Crippen LogP contribution is -2.50. The van der Waals surface area contributed by atoms with Gasteiger partial charge in [0.05, 0.1) is 11.9 Å². The number of rotatable bonds is 6. The fourth-order valence-electron chi connectivity index (χ4n) is 3.52. The number of pyridine rings is 2. The summed E-state index contributed by atoms with van der Waals surface area (Å²) in [6.07, 6.45) is 5.25. The molecule has 0 unspecified atom stereocenters. The van der Waals surface area contributed by atoms with Crippen LogP contribution in [0.1, 0.15) is 33.1 Å². The highest BCUT2D eigenvalue weighted by Gasteiger charge is 2.26. The number of aromatic nitrogens is 4. The molecule has 11 heteroatoms. The standard InChI is InChI=1S/C24H29N7O4/c1-24(2,3)34-23(33)31-13-11-30(12-14-31)18-6-7-19(26-16-18)27-20(32)8-9-21-28-22(29-35-21)17-5-4-10-25-15-17/h4-7,10,15-16H,8-9,11-14H2,1-3H3,(H,26,27,32). The molecular weight excluding hydrogens is 450 g/mol. The topological polar surface area (TPSA) is 127 Å².